The predicted octanol–water partition coefficient (Wildman–Crippen LogP) is 2.11. The van der Waals surface area contributed by atoms with Crippen LogP contribution in [0, 0.1) is 17.6 Å². The highest BCUT2D eigenvalue weighted by atomic mass is 19.1. The number of nitrogens with zero attached hydrogens (tertiary/aromatic N) is 1. The Morgan fingerprint density at radius 2 is 1.96 bits per heavy atom. The van der Waals surface area contributed by atoms with Gasteiger partial charge in [0.1, 0.15) is 11.6 Å². The highest BCUT2D eigenvalue weighted by molar-refractivity contribution is 5.94. The topological polar surface area (TPSA) is 58.6 Å². The first kappa shape index (κ1) is 17.8. The summed E-state index contributed by atoms with van der Waals surface area (Å²) in [6, 6.07) is 2.94. The van der Waals surface area contributed by atoms with Crippen molar-refractivity contribution < 1.29 is 23.1 Å². The van der Waals surface area contributed by atoms with E-state index in [0.717, 1.165) is 31.6 Å². The molecular formula is C18H22F2N2O3. The molecule has 0 aliphatic carbocycles. The zero-order valence-electron chi connectivity index (χ0n) is 14.0. The van der Waals surface area contributed by atoms with Gasteiger partial charge in [-0.25, -0.2) is 8.78 Å². The van der Waals surface area contributed by atoms with Crippen molar-refractivity contribution in [2.45, 2.75) is 31.8 Å². The van der Waals surface area contributed by atoms with Gasteiger partial charge in [0.15, 0.2) is 0 Å². The lowest BCUT2D eigenvalue weighted by atomic mass is 9.95. The molecule has 0 spiro atoms. The molecular weight excluding hydrogens is 330 g/mol. The minimum atomic E-state index is -0.860. The van der Waals surface area contributed by atoms with Crippen LogP contribution in [-0.4, -0.2) is 49.1 Å². The molecule has 0 bridgehead atoms. The van der Waals surface area contributed by atoms with Crippen molar-refractivity contribution >= 4 is 11.8 Å². The van der Waals surface area contributed by atoms with Crippen molar-refractivity contribution in [1.29, 1.82) is 0 Å². The highest BCUT2D eigenvalue weighted by Crippen LogP contribution is 2.21. The number of carbonyl (C=O) groups is 2. The van der Waals surface area contributed by atoms with Crippen molar-refractivity contribution in [2.24, 2.45) is 5.92 Å². The van der Waals surface area contributed by atoms with Gasteiger partial charge in [0, 0.05) is 38.2 Å². The summed E-state index contributed by atoms with van der Waals surface area (Å²) in [7, 11) is 0. The summed E-state index contributed by atoms with van der Waals surface area (Å²) in [6.45, 7) is 2.04. The number of hydrogen-bond acceptors (Lipinski definition) is 3. The number of ether oxygens (including phenoxy) is 1. The number of benzene rings is 1. The zero-order chi connectivity index (χ0) is 17.8. The molecule has 1 unspecified atom stereocenters. The maximum absolute atomic E-state index is 13.7. The number of nitrogens with one attached hydrogen (secondary N) is 1. The van der Waals surface area contributed by atoms with E-state index in [1.54, 1.807) is 0 Å². The normalized spacial score (nSPS) is 21.4. The molecule has 2 aliphatic heterocycles. The number of rotatable bonds is 4. The minimum absolute atomic E-state index is 0.0180. The number of hydrogen-bond donors (Lipinski definition) is 1. The molecule has 2 aliphatic rings. The number of carbonyl (C=O) groups excluding carboxylic acids is 2. The first-order chi connectivity index (χ1) is 12.0. The summed E-state index contributed by atoms with van der Waals surface area (Å²) in [4.78, 5) is 26.1. The third kappa shape index (κ3) is 4.34. The second-order valence-electron chi connectivity index (χ2n) is 6.57. The molecule has 136 valence electrons. The fourth-order valence-electron chi connectivity index (χ4n) is 3.34. The van der Waals surface area contributed by atoms with Crippen LogP contribution in [0.4, 0.5) is 8.78 Å². The van der Waals surface area contributed by atoms with E-state index in [2.05, 4.69) is 5.32 Å². The van der Waals surface area contributed by atoms with E-state index >= 15 is 0 Å². The molecule has 1 atom stereocenters. The van der Waals surface area contributed by atoms with E-state index in [-0.39, 0.29) is 23.5 Å². The van der Waals surface area contributed by atoms with E-state index in [1.807, 2.05) is 0 Å². The molecule has 25 heavy (non-hydrogen) atoms. The predicted molar refractivity (Wildman–Crippen MR) is 87.0 cm³/mol. The molecule has 3 rings (SSSR count). The second-order valence-corrected chi connectivity index (χ2v) is 6.57. The van der Waals surface area contributed by atoms with Crippen LogP contribution in [0.5, 0.6) is 0 Å². The van der Waals surface area contributed by atoms with Gasteiger partial charge in [-0.3, -0.25) is 9.59 Å². The van der Waals surface area contributed by atoms with Crippen molar-refractivity contribution in [1.82, 2.24) is 10.2 Å². The number of piperidine rings is 1. The van der Waals surface area contributed by atoms with Crippen molar-refractivity contribution in [3.05, 3.63) is 35.4 Å². The van der Waals surface area contributed by atoms with E-state index in [1.165, 1.54) is 4.90 Å². The molecule has 1 N–H and O–H groups in total. The largest absolute Gasteiger partial charge is 0.376 e. The average molecular weight is 352 g/mol. The molecule has 0 saturated carbocycles. The Bertz CT molecular complexity index is 639. The third-order valence-electron chi connectivity index (χ3n) is 4.84. The number of amides is 2. The van der Waals surface area contributed by atoms with Crippen LogP contribution >= 0.6 is 0 Å². The molecule has 0 radical (unpaired) electrons. The number of likely N-dealkylation sites (tertiary alicyclic amines) is 1. The molecule has 2 heterocycles. The van der Waals surface area contributed by atoms with Gasteiger partial charge in [-0.1, -0.05) is 0 Å². The maximum atomic E-state index is 13.7. The van der Waals surface area contributed by atoms with Gasteiger partial charge >= 0.3 is 0 Å². The molecule has 1 aromatic rings. The van der Waals surface area contributed by atoms with Gasteiger partial charge in [0.2, 0.25) is 5.91 Å². The fourth-order valence-corrected chi connectivity index (χ4v) is 3.34. The molecule has 5 nitrogen and oxygen atoms in total. The lowest BCUT2D eigenvalue weighted by Gasteiger charge is -2.31. The van der Waals surface area contributed by atoms with Crippen LogP contribution in [-0.2, 0) is 9.53 Å². The SMILES string of the molecule is O=C(NCC1CCCO1)C1CCN(C(=O)c2ccc(F)cc2F)CC1. The molecule has 1 aromatic carbocycles. The van der Waals surface area contributed by atoms with Gasteiger partial charge < -0.3 is 15.0 Å². The molecule has 0 aromatic heterocycles. The molecule has 2 saturated heterocycles. The van der Waals surface area contributed by atoms with E-state index < -0.39 is 17.5 Å². The van der Waals surface area contributed by atoms with Gasteiger partial charge in [-0.15, -0.1) is 0 Å². The van der Waals surface area contributed by atoms with Crippen LogP contribution < -0.4 is 5.32 Å². The first-order valence-electron chi connectivity index (χ1n) is 8.68. The summed E-state index contributed by atoms with van der Waals surface area (Å²) in [5.41, 5.74) is -0.136. The lowest BCUT2D eigenvalue weighted by Crippen LogP contribution is -2.44. The van der Waals surface area contributed by atoms with Gasteiger partial charge in [0.05, 0.1) is 11.7 Å². The second kappa shape index (κ2) is 7.91. The van der Waals surface area contributed by atoms with Crippen molar-refractivity contribution in [2.75, 3.05) is 26.2 Å². The Morgan fingerprint density at radius 1 is 1.20 bits per heavy atom. The average Bonchev–Trinajstić information content (AvgIpc) is 3.13. The molecule has 7 heteroatoms. The van der Waals surface area contributed by atoms with Crippen molar-refractivity contribution in [3.8, 4) is 0 Å². The minimum Gasteiger partial charge on any atom is -0.376 e. The Balaban J connectivity index is 1.49. The standard InChI is InChI=1S/C18H22F2N2O3/c19-13-3-4-15(16(20)10-13)18(24)22-7-5-12(6-8-22)17(23)21-11-14-2-1-9-25-14/h3-4,10,12,14H,1-2,5-9,11H2,(H,21,23). The Kier molecular flexibility index (Phi) is 5.63. The summed E-state index contributed by atoms with van der Waals surface area (Å²) in [6.07, 6.45) is 3.17. The lowest BCUT2D eigenvalue weighted by molar-refractivity contribution is -0.126. The van der Waals surface area contributed by atoms with Crippen molar-refractivity contribution in [3.63, 3.8) is 0 Å². The molecule has 2 fully saturated rings. The van der Waals surface area contributed by atoms with Crippen LogP contribution in [0.2, 0.25) is 0 Å². The molecule has 2 amide bonds. The maximum Gasteiger partial charge on any atom is 0.256 e. The van der Waals surface area contributed by atoms with E-state index in [0.29, 0.717) is 38.5 Å². The van der Waals surface area contributed by atoms with Crippen LogP contribution in [0.3, 0.4) is 0 Å². The van der Waals surface area contributed by atoms with Gasteiger partial charge in [-0.05, 0) is 37.8 Å². The van der Waals surface area contributed by atoms with Gasteiger partial charge in [-0.2, -0.15) is 0 Å². The highest BCUT2D eigenvalue weighted by Gasteiger charge is 2.29. The smallest absolute Gasteiger partial charge is 0.256 e. The first-order valence-corrected chi connectivity index (χ1v) is 8.68. The summed E-state index contributed by atoms with van der Waals surface area (Å²) in [5.74, 6) is -2.20. The summed E-state index contributed by atoms with van der Waals surface area (Å²) < 4.78 is 32.2. The summed E-state index contributed by atoms with van der Waals surface area (Å²) in [5, 5.41) is 2.92. The quantitative estimate of drug-likeness (QED) is 0.903. The Morgan fingerprint density at radius 3 is 2.60 bits per heavy atom. The monoisotopic (exact) mass is 352 g/mol. The van der Waals surface area contributed by atoms with Crippen LogP contribution in [0.25, 0.3) is 0 Å². The van der Waals surface area contributed by atoms with E-state index in [9.17, 15) is 18.4 Å². The van der Waals surface area contributed by atoms with Gasteiger partial charge in [0.25, 0.3) is 5.91 Å². The van der Waals surface area contributed by atoms with E-state index in [4.69, 9.17) is 4.74 Å². The summed E-state index contributed by atoms with van der Waals surface area (Å²) >= 11 is 0. The van der Waals surface area contributed by atoms with Crippen LogP contribution in [0.1, 0.15) is 36.0 Å². The Hall–Kier alpha value is -2.02. The fraction of sp³-hybridized carbons (Fsp3) is 0.556. The Labute approximate surface area is 145 Å². The van der Waals surface area contributed by atoms with Crippen LogP contribution in [0.15, 0.2) is 18.2 Å². The zero-order valence-corrected chi connectivity index (χ0v) is 14.0. The third-order valence-corrected chi connectivity index (χ3v) is 4.84. The number of halogens is 2.